The topological polar surface area (TPSA) is 64.7 Å². The monoisotopic (exact) mass is 379 g/mol. The molecule has 0 atom stereocenters. The van der Waals surface area contributed by atoms with Crippen LogP contribution in [0.15, 0.2) is 97.8 Å². The van der Waals surface area contributed by atoms with E-state index in [1.807, 2.05) is 76.0 Å². The van der Waals surface area contributed by atoms with Crippen LogP contribution in [0, 0.1) is 0 Å². The largest absolute Gasteiger partial charge is 0.322 e. The molecule has 0 spiro atoms. The quantitative estimate of drug-likeness (QED) is 0.501. The predicted molar refractivity (Wildman–Crippen MR) is 113 cm³/mol. The highest BCUT2D eigenvalue weighted by atomic mass is 16.1. The maximum absolute atomic E-state index is 12.7. The van der Waals surface area contributed by atoms with Crippen molar-refractivity contribution in [3.8, 4) is 11.4 Å². The first-order valence-electron chi connectivity index (χ1n) is 9.20. The molecular weight excluding hydrogens is 362 g/mol. The summed E-state index contributed by atoms with van der Waals surface area (Å²) in [6, 6.07) is 23.1. The standard InChI is InChI=1S/C23H17N5O/c29-23(17-8-10-19(11-9-17)27-13-12-24-15-27)26-18-4-3-5-20(14-18)28-16-25-21-6-1-2-7-22(21)28/h1-16H,(H,26,29). The summed E-state index contributed by atoms with van der Waals surface area (Å²) in [5.41, 5.74) is 5.15. The predicted octanol–water partition coefficient (Wildman–Crippen LogP) is 4.46. The van der Waals surface area contributed by atoms with Crippen LogP contribution in [-0.2, 0) is 0 Å². The van der Waals surface area contributed by atoms with E-state index in [2.05, 4.69) is 15.3 Å². The van der Waals surface area contributed by atoms with E-state index < -0.39 is 0 Å². The number of fused-ring (bicyclic) bond motifs is 1. The SMILES string of the molecule is O=C(Nc1cccc(-n2cnc3ccccc32)c1)c1ccc(-n2ccnc2)cc1. The van der Waals surface area contributed by atoms with Crippen molar-refractivity contribution < 1.29 is 4.79 Å². The molecule has 2 heterocycles. The number of nitrogens with one attached hydrogen (secondary N) is 1. The van der Waals surface area contributed by atoms with Crippen molar-refractivity contribution in [1.82, 2.24) is 19.1 Å². The maximum Gasteiger partial charge on any atom is 0.255 e. The van der Waals surface area contributed by atoms with E-state index in [1.54, 1.807) is 31.0 Å². The van der Waals surface area contributed by atoms with E-state index in [-0.39, 0.29) is 5.91 Å². The molecule has 5 rings (SSSR count). The van der Waals surface area contributed by atoms with Gasteiger partial charge in [-0.25, -0.2) is 9.97 Å². The van der Waals surface area contributed by atoms with Crippen molar-refractivity contribution in [2.75, 3.05) is 5.32 Å². The molecule has 0 bridgehead atoms. The molecule has 3 aromatic carbocycles. The van der Waals surface area contributed by atoms with E-state index >= 15 is 0 Å². The van der Waals surface area contributed by atoms with Crippen LogP contribution in [0.25, 0.3) is 22.4 Å². The number of benzene rings is 3. The van der Waals surface area contributed by atoms with Gasteiger partial charge in [0.2, 0.25) is 0 Å². The van der Waals surface area contributed by atoms with Gasteiger partial charge in [-0.2, -0.15) is 0 Å². The van der Waals surface area contributed by atoms with Crippen molar-refractivity contribution >= 4 is 22.6 Å². The number of carbonyl (C=O) groups is 1. The summed E-state index contributed by atoms with van der Waals surface area (Å²) in [7, 11) is 0. The highest BCUT2D eigenvalue weighted by Crippen LogP contribution is 2.21. The van der Waals surface area contributed by atoms with E-state index in [1.165, 1.54) is 0 Å². The second-order valence-corrected chi connectivity index (χ2v) is 6.62. The summed E-state index contributed by atoms with van der Waals surface area (Å²) in [4.78, 5) is 21.1. The van der Waals surface area contributed by atoms with Crippen molar-refractivity contribution in [2.24, 2.45) is 0 Å². The van der Waals surface area contributed by atoms with Gasteiger partial charge in [0, 0.05) is 35.0 Å². The molecule has 0 saturated heterocycles. The Kier molecular flexibility index (Phi) is 4.14. The Labute approximate surface area is 167 Å². The first-order chi connectivity index (χ1) is 14.3. The Bertz CT molecular complexity index is 1290. The lowest BCUT2D eigenvalue weighted by Crippen LogP contribution is -2.12. The van der Waals surface area contributed by atoms with E-state index in [9.17, 15) is 4.79 Å². The third-order valence-corrected chi connectivity index (χ3v) is 4.77. The van der Waals surface area contributed by atoms with Gasteiger partial charge in [0.15, 0.2) is 0 Å². The summed E-state index contributed by atoms with van der Waals surface area (Å²) in [5, 5.41) is 2.97. The van der Waals surface area contributed by atoms with Gasteiger partial charge >= 0.3 is 0 Å². The number of hydrogen-bond acceptors (Lipinski definition) is 3. The van der Waals surface area contributed by atoms with Gasteiger partial charge in [0.05, 0.1) is 17.4 Å². The van der Waals surface area contributed by atoms with E-state index in [0.29, 0.717) is 5.56 Å². The molecule has 140 valence electrons. The van der Waals surface area contributed by atoms with Crippen molar-refractivity contribution in [2.45, 2.75) is 0 Å². The second-order valence-electron chi connectivity index (χ2n) is 6.62. The fraction of sp³-hybridized carbons (Fsp3) is 0. The molecule has 5 aromatic rings. The van der Waals surface area contributed by atoms with Crippen LogP contribution in [0.5, 0.6) is 0 Å². The fourth-order valence-electron chi connectivity index (χ4n) is 3.30. The van der Waals surface area contributed by atoms with Crippen LogP contribution >= 0.6 is 0 Å². The minimum absolute atomic E-state index is 0.158. The third-order valence-electron chi connectivity index (χ3n) is 4.77. The molecule has 1 N–H and O–H groups in total. The second kappa shape index (κ2) is 7.09. The Morgan fingerprint density at radius 3 is 2.55 bits per heavy atom. The molecule has 0 saturated carbocycles. The Morgan fingerprint density at radius 1 is 0.862 bits per heavy atom. The number of para-hydroxylation sites is 2. The zero-order chi connectivity index (χ0) is 19.6. The molecule has 0 radical (unpaired) electrons. The number of rotatable bonds is 4. The molecule has 6 heteroatoms. The first kappa shape index (κ1) is 16.9. The first-order valence-corrected chi connectivity index (χ1v) is 9.20. The number of hydrogen-bond donors (Lipinski definition) is 1. The maximum atomic E-state index is 12.7. The molecule has 0 aliphatic heterocycles. The normalized spacial score (nSPS) is 10.9. The highest BCUT2D eigenvalue weighted by Gasteiger charge is 2.09. The van der Waals surface area contributed by atoms with Crippen molar-refractivity contribution in [3.05, 3.63) is 103 Å². The molecule has 0 aliphatic carbocycles. The highest BCUT2D eigenvalue weighted by molar-refractivity contribution is 6.04. The number of anilines is 1. The van der Waals surface area contributed by atoms with Gasteiger partial charge in [-0.3, -0.25) is 9.36 Å². The third kappa shape index (κ3) is 3.27. The number of carbonyl (C=O) groups excluding carboxylic acids is 1. The lowest BCUT2D eigenvalue weighted by Gasteiger charge is -2.09. The van der Waals surface area contributed by atoms with Crippen LogP contribution < -0.4 is 5.32 Å². The lowest BCUT2D eigenvalue weighted by molar-refractivity contribution is 0.102. The molecule has 6 nitrogen and oxygen atoms in total. The van der Waals surface area contributed by atoms with Crippen molar-refractivity contribution in [3.63, 3.8) is 0 Å². The molecular formula is C23H17N5O. The molecule has 2 aromatic heterocycles. The summed E-state index contributed by atoms with van der Waals surface area (Å²) in [6.07, 6.45) is 7.10. The molecule has 0 fully saturated rings. The summed E-state index contributed by atoms with van der Waals surface area (Å²) in [6.45, 7) is 0. The van der Waals surface area contributed by atoms with Gasteiger partial charge < -0.3 is 9.88 Å². The lowest BCUT2D eigenvalue weighted by atomic mass is 10.2. The molecule has 0 aliphatic rings. The summed E-state index contributed by atoms with van der Waals surface area (Å²) >= 11 is 0. The Balaban J connectivity index is 1.38. The summed E-state index contributed by atoms with van der Waals surface area (Å²) < 4.78 is 3.89. The Morgan fingerprint density at radius 2 is 1.72 bits per heavy atom. The number of aromatic nitrogens is 4. The average molecular weight is 379 g/mol. The van der Waals surface area contributed by atoms with Gasteiger partial charge in [0.25, 0.3) is 5.91 Å². The number of nitrogens with zero attached hydrogens (tertiary/aromatic N) is 4. The van der Waals surface area contributed by atoms with Gasteiger partial charge in [-0.15, -0.1) is 0 Å². The molecule has 0 unspecified atom stereocenters. The Hall–Kier alpha value is -4.19. The van der Waals surface area contributed by atoms with Crippen molar-refractivity contribution in [1.29, 1.82) is 0 Å². The van der Waals surface area contributed by atoms with Crippen LogP contribution in [-0.4, -0.2) is 25.0 Å². The van der Waals surface area contributed by atoms with Crippen LogP contribution in [0.4, 0.5) is 5.69 Å². The zero-order valence-corrected chi connectivity index (χ0v) is 15.4. The number of imidazole rings is 2. The van der Waals surface area contributed by atoms with E-state index in [0.717, 1.165) is 28.1 Å². The van der Waals surface area contributed by atoms with Gasteiger partial charge in [0.1, 0.15) is 6.33 Å². The van der Waals surface area contributed by atoms with Crippen LogP contribution in [0.3, 0.4) is 0 Å². The van der Waals surface area contributed by atoms with Crippen LogP contribution in [0.1, 0.15) is 10.4 Å². The van der Waals surface area contributed by atoms with Gasteiger partial charge in [-0.05, 0) is 54.6 Å². The van der Waals surface area contributed by atoms with Gasteiger partial charge in [-0.1, -0.05) is 18.2 Å². The van der Waals surface area contributed by atoms with Crippen LogP contribution in [0.2, 0.25) is 0 Å². The minimum Gasteiger partial charge on any atom is -0.322 e. The molecule has 29 heavy (non-hydrogen) atoms. The fourth-order valence-corrected chi connectivity index (χ4v) is 3.30. The van der Waals surface area contributed by atoms with E-state index in [4.69, 9.17) is 0 Å². The number of amides is 1. The smallest absolute Gasteiger partial charge is 0.255 e. The zero-order valence-electron chi connectivity index (χ0n) is 15.4. The average Bonchev–Trinajstić information content (AvgIpc) is 3.44. The molecule has 1 amide bonds. The summed E-state index contributed by atoms with van der Waals surface area (Å²) in [5.74, 6) is -0.158. The minimum atomic E-state index is -0.158.